The van der Waals surface area contributed by atoms with Crippen molar-refractivity contribution in [1.29, 1.82) is 0 Å². The average molecular weight is 310 g/mol. The van der Waals surface area contributed by atoms with E-state index in [1.54, 1.807) is 0 Å². The van der Waals surface area contributed by atoms with Gasteiger partial charge in [-0.3, -0.25) is 4.68 Å². The summed E-state index contributed by atoms with van der Waals surface area (Å²) in [4.78, 5) is 1.26. The molecule has 1 aromatic heterocycles. The third-order valence-electron chi connectivity index (χ3n) is 3.34. The van der Waals surface area contributed by atoms with E-state index >= 15 is 0 Å². The fraction of sp³-hybridized carbons (Fsp3) is 0.400. The Morgan fingerprint density at radius 3 is 2.65 bits per heavy atom. The zero-order valence-electron chi connectivity index (χ0n) is 11.8. The number of halogens is 1. The summed E-state index contributed by atoms with van der Waals surface area (Å²) < 4.78 is 1.94. The maximum atomic E-state index is 5.89. The summed E-state index contributed by atoms with van der Waals surface area (Å²) in [6.07, 6.45) is 4.01. The lowest BCUT2D eigenvalue weighted by atomic mass is 10.1. The Labute approximate surface area is 129 Å². The lowest BCUT2D eigenvalue weighted by molar-refractivity contribution is 0.556. The van der Waals surface area contributed by atoms with Crippen molar-refractivity contribution in [3.8, 4) is 0 Å². The first-order valence-electron chi connectivity index (χ1n) is 6.71. The third kappa shape index (κ3) is 4.54. The van der Waals surface area contributed by atoms with Gasteiger partial charge in [0.1, 0.15) is 0 Å². The van der Waals surface area contributed by atoms with E-state index in [0.717, 1.165) is 23.6 Å². The van der Waals surface area contributed by atoms with Gasteiger partial charge >= 0.3 is 0 Å². The highest BCUT2D eigenvalue weighted by Gasteiger charge is 2.09. The number of aryl methyl sites for hydroxylation is 2. The van der Waals surface area contributed by atoms with Crippen LogP contribution in [0.5, 0.6) is 0 Å². The minimum atomic E-state index is 0.491. The van der Waals surface area contributed by atoms with Gasteiger partial charge in [0.15, 0.2) is 0 Å². The highest BCUT2D eigenvalue weighted by Crippen LogP contribution is 2.22. The predicted octanol–water partition coefficient (Wildman–Crippen LogP) is 3.39. The van der Waals surface area contributed by atoms with Crippen molar-refractivity contribution in [1.82, 2.24) is 15.1 Å². The molecule has 2 rings (SSSR count). The molecule has 2 aromatic rings. The maximum absolute atomic E-state index is 5.89. The van der Waals surface area contributed by atoms with Crippen LogP contribution in [0.2, 0.25) is 5.02 Å². The van der Waals surface area contributed by atoms with E-state index in [9.17, 15) is 0 Å². The van der Waals surface area contributed by atoms with E-state index in [2.05, 4.69) is 28.6 Å². The summed E-state index contributed by atoms with van der Waals surface area (Å²) in [7, 11) is 4.02. The molecule has 5 heteroatoms. The zero-order chi connectivity index (χ0) is 14.4. The van der Waals surface area contributed by atoms with Gasteiger partial charge in [-0.2, -0.15) is 5.10 Å². The second kappa shape index (κ2) is 7.72. The lowest BCUT2D eigenvalue weighted by Gasteiger charge is -2.15. The van der Waals surface area contributed by atoms with E-state index in [1.807, 2.05) is 48.9 Å². The number of thioether (sulfide) groups is 1. The Hall–Kier alpha value is -0.970. The topological polar surface area (TPSA) is 29.9 Å². The van der Waals surface area contributed by atoms with Crippen LogP contribution < -0.4 is 5.32 Å². The standard InChI is InChI=1S/C15H20ClN3S/c1-17-13(5-6-14-9-10-18-19(14)2)11-20-15-7-3-12(16)4-8-15/h3-4,7-10,13,17H,5-6,11H2,1-2H3. The molecule has 0 radical (unpaired) electrons. The van der Waals surface area contributed by atoms with Gasteiger partial charge in [-0.05, 0) is 50.2 Å². The van der Waals surface area contributed by atoms with Crippen LogP contribution in [-0.2, 0) is 13.5 Å². The predicted molar refractivity (Wildman–Crippen MR) is 86.6 cm³/mol. The van der Waals surface area contributed by atoms with E-state index < -0.39 is 0 Å². The molecule has 0 fully saturated rings. The Morgan fingerprint density at radius 1 is 1.30 bits per heavy atom. The molecule has 0 saturated carbocycles. The molecule has 1 aromatic carbocycles. The van der Waals surface area contributed by atoms with Crippen LogP contribution in [0, 0.1) is 0 Å². The molecule has 1 N–H and O–H groups in total. The SMILES string of the molecule is CNC(CCc1ccnn1C)CSc1ccc(Cl)cc1. The summed E-state index contributed by atoms with van der Waals surface area (Å²) >= 11 is 7.75. The molecule has 1 heterocycles. The normalized spacial score (nSPS) is 12.6. The Kier molecular flexibility index (Phi) is 5.95. The Bertz CT molecular complexity index is 524. The monoisotopic (exact) mass is 309 g/mol. The highest BCUT2D eigenvalue weighted by molar-refractivity contribution is 7.99. The van der Waals surface area contributed by atoms with E-state index in [0.29, 0.717) is 6.04 Å². The van der Waals surface area contributed by atoms with Gasteiger partial charge in [0.2, 0.25) is 0 Å². The fourth-order valence-electron chi connectivity index (χ4n) is 2.01. The van der Waals surface area contributed by atoms with Crippen molar-refractivity contribution < 1.29 is 0 Å². The molecule has 0 saturated heterocycles. The van der Waals surface area contributed by atoms with E-state index in [4.69, 9.17) is 11.6 Å². The van der Waals surface area contributed by atoms with Gasteiger partial charge in [-0.25, -0.2) is 0 Å². The van der Waals surface area contributed by atoms with Crippen molar-refractivity contribution in [2.24, 2.45) is 7.05 Å². The van der Waals surface area contributed by atoms with Crippen molar-refractivity contribution in [3.63, 3.8) is 0 Å². The summed E-state index contributed by atoms with van der Waals surface area (Å²) in [5, 5.41) is 8.38. The Balaban J connectivity index is 1.80. The molecule has 108 valence electrons. The second-order valence-electron chi connectivity index (χ2n) is 4.74. The second-order valence-corrected chi connectivity index (χ2v) is 6.27. The lowest BCUT2D eigenvalue weighted by Crippen LogP contribution is -2.28. The number of hydrogen-bond acceptors (Lipinski definition) is 3. The van der Waals surface area contributed by atoms with Crippen LogP contribution in [0.1, 0.15) is 12.1 Å². The quantitative estimate of drug-likeness (QED) is 0.795. The molecule has 1 atom stereocenters. The van der Waals surface area contributed by atoms with Crippen molar-refractivity contribution in [2.75, 3.05) is 12.8 Å². The van der Waals surface area contributed by atoms with Gasteiger partial charge in [0.25, 0.3) is 0 Å². The molecular weight excluding hydrogens is 290 g/mol. The molecule has 0 amide bonds. The summed E-state index contributed by atoms with van der Waals surface area (Å²) in [5.41, 5.74) is 1.28. The van der Waals surface area contributed by atoms with E-state index in [-0.39, 0.29) is 0 Å². The summed E-state index contributed by atoms with van der Waals surface area (Å²) in [6, 6.07) is 10.6. The number of aromatic nitrogens is 2. The first-order valence-corrected chi connectivity index (χ1v) is 8.08. The van der Waals surface area contributed by atoms with Crippen molar-refractivity contribution in [3.05, 3.63) is 47.2 Å². The maximum Gasteiger partial charge on any atom is 0.0492 e. The average Bonchev–Trinajstić information content (AvgIpc) is 2.86. The first kappa shape index (κ1) is 15.4. The number of rotatable bonds is 7. The van der Waals surface area contributed by atoms with Crippen LogP contribution in [0.25, 0.3) is 0 Å². The number of hydrogen-bond donors (Lipinski definition) is 1. The molecule has 20 heavy (non-hydrogen) atoms. The van der Waals surface area contributed by atoms with Gasteiger partial charge in [-0.1, -0.05) is 11.6 Å². The molecule has 0 aliphatic heterocycles. The smallest absolute Gasteiger partial charge is 0.0492 e. The van der Waals surface area contributed by atoms with Crippen molar-refractivity contribution in [2.45, 2.75) is 23.8 Å². The fourth-order valence-corrected chi connectivity index (χ4v) is 3.19. The van der Waals surface area contributed by atoms with Gasteiger partial charge in [0.05, 0.1) is 0 Å². The van der Waals surface area contributed by atoms with Gasteiger partial charge in [-0.15, -0.1) is 11.8 Å². The molecule has 0 spiro atoms. The summed E-state index contributed by atoms with van der Waals surface area (Å²) in [5.74, 6) is 1.05. The number of nitrogens with zero attached hydrogens (tertiary/aromatic N) is 2. The van der Waals surface area contributed by atoms with Gasteiger partial charge < -0.3 is 5.32 Å². The molecule has 0 bridgehead atoms. The van der Waals surface area contributed by atoms with Crippen LogP contribution >= 0.6 is 23.4 Å². The molecule has 3 nitrogen and oxygen atoms in total. The third-order valence-corrected chi connectivity index (χ3v) is 4.77. The zero-order valence-corrected chi connectivity index (χ0v) is 13.4. The Morgan fingerprint density at radius 2 is 2.05 bits per heavy atom. The minimum Gasteiger partial charge on any atom is -0.316 e. The van der Waals surface area contributed by atoms with E-state index in [1.165, 1.54) is 10.6 Å². The largest absolute Gasteiger partial charge is 0.316 e. The molecule has 1 unspecified atom stereocenters. The van der Waals surface area contributed by atoms with Crippen LogP contribution in [0.4, 0.5) is 0 Å². The molecular formula is C15H20ClN3S. The molecule has 0 aliphatic rings. The highest BCUT2D eigenvalue weighted by atomic mass is 35.5. The number of nitrogens with one attached hydrogen (secondary N) is 1. The summed E-state index contributed by atoms with van der Waals surface area (Å²) in [6.45, 7) is 0. The first-order chi connectivity index (χ1) is 9.69. The minimum absolute atomic E-state index is 0.491. The van der Waals surface area contributed by atoms with Crippen molar-refractivity contribution >= 4 is 23.4 Å². The van der Waals surface area contributed by atoms with Gasteiger partial charge in [0, 0.05) is 40.7 Å². The van der Waals surface area contributed by atoms with Crippen LogP contribution in [-0.4, -0.2) is 28.6 Å². The number of benzene rings is 1. The van der Waals surface area contributed by atoms with Crippen LogP contribution in [0.3, 0.4) is 0 Å². The van der Waals surface area contributed by atoms with Crippen LogP contribution in [0.15, 0.2) is 41.4 Å². The molecule has 0 aliphatic carbocycles.